The van der Waals surface area contributed by atoms with Gasteiger partial charge in [-0.3, -0.25) is 14.6 Å². The largest absolute Gasteiger partial charge is 0.394 e. The van der Waals surface area contributed by atoms with Gasteiger partial charge in [0, 0.05) is 30.4 Å². The first-order chi connectivity index (χ1) is 13.2. The lowest BCUT2D eigenvalue weighted by atomic mass is 9.96. The first-order valence-corrected chi connectivity index (χ1v) is 9.92. The molecule has 0 radical (unpaired) electrons. The quantitative estimate of drug-likeness (QED) is 0.669. The second-order valence-electron chi connectivity index (χ2n) is 7.43. The zero-order chi connectivity index (χ0) is 19.1. The van der Waals surface area contributed by atoms with E-state index in [2.05, 4.69) is 15.6 Å². The van der Waals surface area contributed by atoms with Crippen LogP contribution in [0.15, 0.2) is 24.5 Å². The van der Waals surface area contributed by atoms with Crippen LogP contribution in [0.1, 0.15) is 55.3 Å². The number of amides is 2. The molecule has 2 heterocycles. The zero-order valence-corrected chi connectivity index (χ0v) is 15.6. The number of hydrogen-bond donors (Lipinski definition) is 3. The highest BCUT2D eigenvalue weighted by Gasteiger charge is 2.32. The molecule has 3 atom stereocenters. The zero-order valence-electron chi connectivity index (χ0n) is 15.6. The van der Waals surface area contributed by atoms with Gasteiger partial charge >= 0.3 is 0 Å². The molecule has 1 saturated carbocycles. The van der Waals surface area contributed by atoms with Crippen LogP contribution in [-0.2, 0) is 9.53 Å². The molecule has 7 heteroatoms. The van der Waals surface area contributed by atoms with Crippen LogP contribution in [0, 0.1) is 5.92 Å². The van der Waals surface area contributed by atoms with E-state index >= 15 is 0 Å². The topological polar surface area (TPSA) is 101 Å². The van der Waals surface area contributed by atoms with Crippen LogP contribution in [-0.4, -0.2) is 53.3 Å². The average molecular weight is 375 g/mol. The van der Waals surface area contributed by atoms with E-state index in [0.717, 1.165) is 44.9 Å². The van der Waals surface area contributed by atoms with Crippen molar-refractivity contribution in [2.75, 3.05) is 13.2 Å². The van der Waals surface area contributed by atoms with E-state index in [1.807, 2.05) is 0 Å². The van der Waals surface area contributed by atoms with Gasteiger partial charge in [-0.1, -0.05) is 12.8 Å². The van der Waals surface area contributed by atoms with Crippen molar-refractivity contribution in [2.45, 2.75) is 63.2 Å². The summed E-state index contributed by atoms with van der Waals surface area (Å²) < 4.78 is 5.96. The van der Waals surface area contributed by atoms with Gasteiger partial charge in [0.2, 0.25) is 5.91 Å². The summed E-state index contributed by atoms with van der Waals surface area (Å²) in [4.78, 5) is 28.3. The predicted molar refractivity (Wildman–Crippen MR) is 100 cm³/mol. The third kappa shape index (κ3) is 5.49. The van der Waals surface area contributed by atoms with E-state index in [0.29, 0.717) is 12.1 Å². The van der Waals surface area contributed by atoms with Crippen LogP contribution in [0.5, 0.6) is 0 Å². The fourth-order valence-corrected chi connectivity index (χ4v) is 3.95. The minimum atomic E-state index is -0.430. The Bertz CT molecular complexity index is 619. The third-order valence-corrected chi connectivity index (χ3v) is 5.55. The second-order valence-corrected chi connectivity index (χ2v) is 7.43. The van der Waals surface area contributed by atoms with E-state index < -0.39 is 6.10 Å². The molecule has 0 unspecified atom stereocenters. The van der Waals surface area contributed by atoms with E-state index in [-0.39, 0.29) is 36.5 Å². The Balaban J connectivity index is 1.42. The van der Waals surface area contributed by atoms with Crippen LogP contribution >= 0.6 is 0 Å². The number of nitrogens with one attached hydrogen (secondary N) is 2. The van der Waals surface area contributed by atoms with Crippen LogP contribution < -0.4 is 10.6 Å². The van der Waals surface area contributed by atoms with Crippen LogP contribution in [0.25, 0.3) is 0 Å². The van der Waals surface area contributed by atoms with Crippen molar-refractivity contribution in [1.82, 2.24) is 15.6 Å². The number of carbonyl (C=O) groups excluding carboxylic acids is 2. The van der Waals surface area contributed by atoms with Gasteiger partial charge in [0.1, 0.15) is 6.10 Å². The molecule has 0 spiro atoms. The Kier molecular flexibility index (Phi) is 7.18. The first-order valence-electron chi connectivity index (χ1n) is 9.92. The highest BCUT2D eigenvalue weighted by atomic mass is 16.5. The molecule has 1 aliphatic heterocycles. The molecule has 0 bridgehead atoms. The molecule has 148 valence electrons. The lowest BCUT2D eigenvalue weighted by molar-refractivity contribution is -0.125. The van der Waals surface area contributed by atoms with Crippen molar-refractivity contribution in [1.29, 1.82) is 0 Å². The highest BCUT2D eigenvalue weighted by Crippen LogP contribution is 2.25. The summed E-state index contributed by atoms with van der Waals surface area (Å²) in [5.74, 6) is 0.145. The summed E-state index contributed by atoms with van der Waals surface area (Å²) in [5.41, 5.74) is 0.540. The molecule has 27 heavy (non-hydrogen) atoms. The van der Waals surface area contributed by atoms with E-state index in [9.17, 15) is 14.7 Å². The van der Waals surface area contributed by atoms with E-state index in [1.54, 1.807) is 24.5 Å². The summed E-state index contributed by atoms with van der Waals surface area (Å²) in [6.45, 7) is 0.443. The van der Waals surface area contributed by atoms with Gasteiger partial charge in [-0.15, -0.1) is 0 Å². The Hall–Kier alpha value is -1.99. The van der Waals surface area contributed by atoms with Crippen LogP contribution in [0.4, 0.5) is 0 Å². The Labute approximate surface area is 159 Å². The summed E-state index contributed by atoms with van der Waals surface area (Å²) in [7, 11) is 0. The molecule has 0 aromatic carbocycles. The molecular weight excluding hydrogens is 346 g/mol. The van der Waals surface area contributed by atoms with E-state index in [1.165, 1.54) is 0 Å². The number of aliphatic hydroxyl groups is 1. The standard InChI is InChI=1S/C20H29N3O4/c24-13-18-17(23-20(26)15-7-10-21-11-8-15)6-5-16(27-18)9-12-22-19(25)14-3-1-2-4-14/h7-8,10-11,14,16-18,24H,1-6,9,12-13H2,(H,22,25)(H,23,26)/t16-,17-,18+/m1/s1. The molecule has 2 fully saturated rings. The minimum Gasteiger partial charge on any atom is -0.394 e. The summed E-state index contributed by atoms with van der Waals surface area (Å²) in [6, 6.07) is 3.09. The van der Waals surface area contributed by atoms with Crippen molar-refractivity contribution in [3.05, 3.63) is 30.1 Å². The average Bonchev–Trinajstić information content (AvgIpc) is 3.24. The van der Waals surface area contributed by atoms with Gasteiger partial charge in [0.15, 0.2) is 0 Å². The second kappa shape index (κ2) is 9.80. The van der Waals surface area contributed by atoms with Crippen LogP contribution in [0.2, 0.25) is 0 Å². The smallest absolute Gasteiger partial charge is 0.251 e. The van der Waals surface area contributed by atoms with Gasteiger partial charge in [0.05, 0.1) is 18.8 Å². The monoisotopic (exact) mass is 375 g/mol. The number of carbonyl (C=O) groups is 2. The number of pyridine rings is 1. The first kappa shape index (κ1) is 19.8. The number of nitrogens with zero attached hydrogens (tertiary/aromatic N) is 1. The number of aliphatic hydroxyl groups excluding tert-OH is 1. The molecular formula is C20H29N3O4. The lowest BCUT2D eigenvalue weighted by Crippen LogP contribution is -2.51. The van der Waals surface area contributed by atoms with Gasteiger partial charge in [0.25, 0.3) is 5.91 Å². The lowest BCUT2D eigenvalue weighted by Gasteiger charge is -2.36. The number of hydrogen-bond acceptors (Lipinski definition) is 5. The van der Waals surface area contributed by atoms with Gasteiger partial charge < -0.3 is 20.5 Å². The highest BCUT2D eigenvalue weighted by molar-refractivity contribution is 5.94. The molecule has 1 saturated heterocycles. The van der Waals surface area contributed by atoms with Gasteiger partial charge in [-0.2, -0.15) is 0 Å². The molecule has 3 N–H and O–H groups in total. The minimum absolute atomic E-state index is 0.0138. The number of aromatic nitrogens is 1. The maximum Gasteiger partial charge on any atom is 0.251 e. The van der Waals surface area contributed by atoms with Crippen molar-refractivity contribution in [2.24, 2.45) is 5.92 Å². The third-order valence-electron chi connectivity index (χ3n) is 5.55. The molecule has 3 rings (SSSR count). The molecule has 1 aromatic heterocycles. The van der Waals surface area contributed by atoms with Crippen molar-refractivity contribution in [3.8, 4) is 0 Å². The molecule has 7 nitrogen and oxygen atoms in total. The van der Waals surface area contributed by atoms with Gasteiger partial charge in [-0.05, 0) is 44.2 Å². The SMILES string of the molecule is O=C(N[C@@H]1CC[C@H](CCNC(=O)C2CCCC2)O[C@H]1CO)c1ccncc1. The van der Waals surface area contributed by atoms with Gasteiger partial charge in [-0.25, -0.2) is 0 Å². The molecule has 1 aromatic rings. The number of ether oxygens (including phenoxy) is 1. The van der Waals surface area contributed by atoms with E-state index in [4.69, 9.17) is 4.74 Å². The normalized spacial score (nSPS) is 25.9. The maximum atomic E-state index is 12.3. The molecule has 2 aliphatic rings. The fourth-order valence-electron chi connectivity index (χ4n) is 3.95. The number of rotatable bonds is 7. The Morgan fingerprint density at radius 1 is 1.15 bits per heavy atom. The van der Waals surface area contributed by atoms with Crippen molar-refractivity contribution in [3.63, 3.8) is 0 Å². The van der Waals surface area contributed by atoms with Crippen LogP contribution in [0.3, 0.4) is 0 Å². The molecule has 1 aliphatic carbocycles. The fraction of sp³-hybridized carbons (Fsp3) is 0.650. The summed E-state index contributed by atoms with van der Waals surface area (Å²) in [6.07, 6.45) is 9.25. The Morgan fingerprint density at radius 3 is 2.59 bits per heavy atom. The predicted octanol–water partition coefficient (Wildman–Crippen LogP) is 1.42. The maximum absolute atomic E-state index is 12.3. The van der Waals surface area contributed by atoms with Crippen molar-refractivity contribution < 1.29 is 19.4 Å². The van der Waals surface area contributed by atoms with Crippen molar-refractivity contribution >= 4 is 11.8 Å². The summed E-state index contributed by atoms with van der Waals surface area (Å²) in [5, 5.41) is 15.6. The molecule has 2 amide bonds. The Morgan fingerprint density at radius 2 is 1.89 bits per heavy atom. The summed E-state index contributed by atoms with van der Waals surface area (Å²) >= 11 is 0.